The van der Waals surface area contributed by atoms with Crippen molar-refractivity contribution >= 4 is 33.4 Å². The van der Waals surface area contributed by atoms with Crippen molar-refractivity contribution in [2.45, 2.75) is 35.5 Å². The molecule has 0 spiro atoms. The summed E-state index contributed by atoms with van der Waals surface area (Å²) in [5, 5.41) is 0. The number of carbonyl (C=O) groups excluding carboxylic acids is 1. The van der Waals surface area contributed by atoms with E-state index in [9.17, 15) is 22.0 Å². The van der Waals surface area contributed by atoms with E-state index in [-0.39, 0.29) is 21.5 Å². The Labute approximate surface area is 179 Å². The van der Waals surface area contributed by atoms with Crippen LogP contribution in [0.3, 0.4) is 0 Å². The smallest absolute Gasteiger partial charge is 0.243 e. The second-order valence-electron chi connectivity index (χ2n) is 7.41. The molecule has 0 aromatic heterocycles. The van der Waals surface area contributed by atoms with Crippen LogP contribution < -0.4 is 4.90 Å². The minimum Gasteiger partial charge on any atom is -0.311 e. The molecule has 2 aromatic rings. The van der Waals surface area contributed by atoms with Gasteiger partial charge in [0, 0.05) is 36.3 Å². The molecule has 1 saturated heterocycles. The van der Waals surface area contributed by atoms with Crippen LogP contribution >= 0.6 is 11.8 Å². The molecule has 5 nitrogen and oxygen atoms in total. The van der Waals surface area contributed by atoms with E-state index in [0.29, 0.717) is 31.7 Å². The van der Waals surface area contributed by atoms with Gasteiger partial charge < -0.3 is 4.90 Å². The Morgan fingerprint density at radius 3 is 2.50 bits per heavy atom. The van der Waals surface area contributed by atoms with E-state index >= 15 is 0 Å². The van der Waals surface area contributed by atoms with Crippen molar-refractivity contribution < 1.29 is 22.0 Å². The molecule has 2 heterocycles. The van der Waals surface area contributed by atoms with Crippen molar-refractivity contribution in [3.05, 3.63) is 53.6 Å². The second kappa shape index (κ2) is 8.64. The van der Waals surface area contributed by atoms with E-state index in [1.54, 1.807) is 23.1 Å². The number of piperidine rings is 1. The van der Waals surface area contributed by atoms with Gasteiger partial charge in [-0.2, -0.15) is 4.31 Å². The molecular weight excluding hydrogens is 430 g/mol. The molecule has 30 heavy (non-hydrogen) atoms. The maximum Gasteiger partial charge on any atom is 0.243 e. The highest BCUT2D eigenvalue weighted by molar-refractivity contribution is 8.00. The van der Waals surface area contributed by atoms with Crippen LogP contribution in [0.2, 0.25) is 0 Å². The molecule has 0 aliphatic carbocycles. The van der Waals surface area contributed by atoms with Crippen LogP contribution in [-0.2, 0) is 21.2 Å². The van der Waals surface area contributed by atoms with E-state index in [1.807, 2.05) is 0 Å². The van der Waals surface area contributed by atoms with Gasteiger partial charge in [0.05, 0.1) is 10.6 Å². The molecule has 1 fully saturated rings. The van der Waals surface area contributed by atoms with Crippen LogP contribution in [0.1, 0.15) is 24.8 Å². The van der Waals surface area contributed by atoms with Gasteiger partial charge in [-0.05, 0) is 55.2 Å². The highest BCUT2D eigenvalue weighted by Crippen LogP contribution is 2.33. The quantitative estimate of drug-likeness (QED) is 0.648. The van der Waals surface area contributed by atoms with Gasteiger partial charge in [0.15, 0.2) is 0 Å². The number of amides is 1. The zero-order valence-electron chi connectivity index (χ0n) is 16.3. The topological polar surface area (TPSA) is 57.7 Å². The Morgan fingerprint density at radius 2 is 1.77 bits per heavy atom. The summed E-state index contributed by atoms with van der Waals surface area (Å²) in [6.07, 6.45) is 3.37. The first-order valence-electron chi connectivity index (χ1n) is 9.87. The summed E-state index contributed by atoms with van der Waals surface area (Å²) in [5.74, 6) is -1.54. The number of nitrogens with zero attached hydrogens (tertiary/aromatic N) is 2. The lowest BCUT2D eigenvalue weighted by molar-refractivity contribution is -0.116. The molecule has 0 radical (unpaired) electrons. The Hall–Kier alpha value is -1.97. The van der Waals surface area contributed by atoms with Gasteiger partial charge in [0.2, 0.25) is 15.9 Å². The third kappa shape index (κ3) is 4.24. The van der Waals surface area contributed by atoms with Gasteiger partial charge in [-0.25, -0.2) is 17.2 Å². The first-order valence-corrected chi connectivity index (χ1v) is 12.3. The van der Waals surface area contributed by atoms with Crippen LogP contribution in [0.4, 0.5) is 14.5 Å². The lowest BCUT2D eigenvalue weighted by atomic mass is 10.2. The number of sulfonamides is 1. The summed E-state index contributed by atoms with van der Waals surface area (Å²) in [7, 11) is -3.52. The summed E-state index contributed by atoms with van der Waals surface area (Å²) >= 11 is 1.02. The third-order valence-corrected chi connectivity index (χ3v) is 8.37. The number of halogens is 2. The number of rotatable bonds is 5. The number of thioether (sulfide) groups is 1. The number of hydrogen-bond donors (Lipinski definition) is 0. The van der Waals surface area contributed by atoms with Crippen LogP contribution in [-0.4, -0.2) is 44.0 Å². The SMILES string of the molecule is O=C(CSc1ccc(F)cc1F)N1CCc2cc(S(=O)(=O)N3CCCCC3)ccc21. The summed E-state index contributed by atoms with van der Waals surface area (Å²) < 4.78 is 54.1. The fourth-order valence-corrected chi connectivity index (χ4v) is 6.23. The number of anilines is 1. The fourth-order valence-electron chi connectivity index (χ4n) is 3.86. The van der Waals surface area contributed by atoms with Crippen molar-refractivity contribution in [2.75, 3.05) is 30.3 Å². The average Bonchev–Trinajstić information content (AvgIpc) is 3.17. The molecule has 0 N–H and O–H groups in total. The monoisotopic (exact) mass is 452 g/mol. The molecule has 0 bridgehead atoms. The normalized spacial score (nSPS) is 17.2. The highest BCUT2D eigenvalue weighted by atomic mass is 32.2. The van der Waals surface area contributed by atoms with Gasteiger partial charge in [0.1, 0.15) is 11.6 Å². The van der Waals surface area contributed by atoms with Crippen LogP contribution in [0.15, 0.2) is 46.2 Å². The predicted molar refractivity (Wildman–Crippen MR) is 112 cm³/mol. The Bertz CT molecular complexity index is 1070. The molecular formula is C21H22F2N2O3S2. The third-order valence-electron chi connectivity index (χ3n) is 5.45. The van der Waals surface area contributed by atoms with Gasteiger partial charge in [-0.3, -0.25) is 4.79 Å². The van der Waals surface area contributed by atoms with Crippen molar-refractivity contribution in [1.82, 2.24) is 4.31 Å². The summed E-state index contributed by atoms with van der Waals surface area (Å²) in [5.41, 5.74) is 1.51. The van der Waals surface area contributed by atoms with Crippen LogP contribution in [0.25, 0.3) is 0 Å². The van der Waals surface area contributed by atoms with E-state index in [4.69, 9.17) is 0 Å². The maximum absolute atomic E-state index is 13.8. The number of hydrogen-bond acceptors (Lipinski definition) is 4. The summed E-state index contributed by atoms with van der Waals surface area (Å²) in [6, 6.07) is 8.17. The summed E-state index contributed by atoms with van der Waals surface area (Å²) in [6.45, 7) is 1.54. The molecule has 2 aromatic carbocycles. The Balaban J connectivity index is 1.47. The predicted octanol–water partition coefficient (Wildman–Crippen LogP) is 3.82. The number of benzene rings is 2. The molecule has 4 rings (SSSR count). The minimum absolute atomic E-state index is 0.00974. The molecule has 9 heteroatoms. The van der Waals surface area contributed by atoms with E-state index < -0.39 is 21.7 Å². The summed E-state index contributed by atoms with van der Waals surface area (Å²) in [4.78, 5) is 14.7. The standard InChI is InChI=1S/C21H22F2N2O3S2/c22-16-4-7-20(18(23)13-16)29-14-21(26)25-11-8-15-12-17(5-6-19(15)25)30(27,28)24-9-2-1-3-10-24/h4-7,12-13H,1-3,8-11,14H2. The van der Waals surface area contributed by atoms with Gasteiger partial charge >= 0.3 is 0 Å². The molecule has 0 unspecified atom stereocenters. The van der Waals surface area contributed by atoms with Crippen molar-refractivity contribution in [3.8, 4) is 0 Å². The van der Waals surface area contributed by atoms with Crippen molar-refractivity contribution in [3.63, 3.8) is 0 Å². The molecule has 0 atom stereocenters. The minimum atomic E-state index is -3.52. The molecule has 2 aliphatic rings. The fraction of sp³-hybridized carbons (Fsp3) is 0.381. The zero-order valence-corrected chi connectivity index (χ0v) is 17.9. The van der Waals surface area contributed by atoms with Crippen LogP contribution in [0, 0.1) is 11.6 Å². The largest absolute Gasteiger partial charge is 0.311 e. The molecule has 1 amide bonds. The lowest BCUT2D eigenvalue weighted by Gasteiger charge is -2.26. The average molecular weight is 453 g/mol. The highest BCUT2D eigenvalue weighted by Gasteiger charge is 2.30. The number of fused-ring (bicyclic) bond motifs is 1. The van der Waals surface area contributed by atoms with Gasteiger partial charge in [-0.15, -0.1) is 11.8 Å². The van der Waals surface area contributed by atoms with Crippen molar-refractivity contribution in [2.24, 2.45) is 0 Å². The van der Waals surface area contributed by atoms with Gasteiger partial charge in [-0.1, -0.05) is 6.42 Å². The van der Waals surface area contributed by atoms with E-state index in [2.05, 4.69) is 0 Å². The first-order chi connectivity index (χ1) is 14.4. The molecule has 2 aliphatic heterocycles. The molecule has 160 valence electrons. The Morgan fingerprint density at radius 1 is 1.00 bits per heavy atom. The second-order valence-corrected chi connectivity index (χ2v) is 10.4. The van der Waals surface area contributed by atoms with Gasteiger partial charge in [0.25, 0.3) is 0 Å². The van der Waals surface area contributed by atoms with E-state index in [0.717, 1.165) is 48.7 Å². The number of carbonyl (C=O) groups is 1. The lowest BCUT2D eigenvalue weighted by Crippen LogP contribution is -2.35. The van der Waals surface area contributed by atoms with Crippen LogP contribution in [0.5, 0.6) is 0 Å². The van der Waals surface area contributed by atoms with E-state index in [1.165, 1.54) is 10.4 Å². The zero-order chi connectivity index (χ0) is 21.3. The Kier molecular flexibility index (Phi) is 6.13. The first kappa shape index (κ1) is 21.3. The maximum atomic E-state index is 13.8. The molecule has 0 saturated carbocycles. The van der Waals surface area contributed by atoms with Crippen molar-refractivity contribution in [1.29, 1.82) is 0 Å².